The Morgan fingerprint density at radius 3 is 2.42 bits per heavy atom. The molecule has 1 unspecified atom stereocenters. The number of halogens is 2. The van der Waals surface area contributed by atoms with Gasteiger partial charge < -0.3 is 9.80 Å². The number of rotatable bonds is 7. The summed E-state index contributed by atoms with van der Waals surface area (Å²) >= 11 is 12.6. The Morgan fingerprint density at radius 2 is 1.67 bits per heavy atom. The summed E-state index contributed by atoms with van der Waals surface area (Å²) in [5, 5.41) is 1.13. The minimum absolute atomic E-state index is 0.0421. The van der Waals surface area contributed by atoms with E-state index in [1.54, 1.807) is 11.1 Å². The number of likely N-dealkylation sites (tertiary alicyclic amines) is 1. The molecule has 3 aromatic rings. The number of aryl methyl sites for hydroxylation is 1. The maximum Gasteiger partial charge on any atom is 0.253 e. The molecule has 3 aromatic carbocycles. The summed E-state index contributed by atoms with van der Waals surface area (Å²) in [6.45, 7) is 3.90. The first kappa shape index (κ1) is 25.3. The second-order valence-electron chi connectivity index (χ2n) is 10.5. The first-order valence-corrected chi connectivity index (χ1v) is 13.8. The molecule has 1 aliphatic carbocycles. The van der Waals surface area contributed by atoms with Crippen LogP contribution in [0.15, 0.2) is 72.8 Å². The van der Waals surface area contributed by atoms with Gasteiger partial charge in [0.1, 0.15) is 0 Å². The quantitative estimate of drug-likeness (QED) is 0.328. The summed E-state index contributed by atoms with van der Waals surface area (Å²) in [6, 6.07) is 24.4. The molecule has 0 N–H and O–H groups in total. The number of piperidine rings is 1. The van der Waals surface area contributed by atoms with E-state index in [1.807, 2.05) is 54.4 Å². The highest BCUT2D eigenvalue weighted by atomic mass is 35.5. The molecule has 0 saturated carbocycles. The molecule has 0 radical (unpaired) electrons. The molecule has 1 amide bonds. The molecule has 0 bridgehead atoms. The predicted molar refractivity (Wildman–Crippen MR) is 149 cm³/mol. The lowest BCUT2D eigenvalue weighted by molar-refractivity contribution is 0.0780. The van der Waals surface area contributed by atoms with Crippen molar-refractivity contribution in [2.24, 2.45) is 0 Å². The lowest BCUT2D eigenvalue weighted by Crippen LogP contribution is -2.42. The number of likely N-dealkylation sites (N-methyl/N-ethyl adjacent to an activating group) is 1. The molecule has 5 rings (SSSR count). The van der Waals surface area contributed by atoms with Gasteiger partial charge in [-0.3, -0.25) is 4.79 Å². The molecule has 2 aliphatic rings. The molecule has 1 heterocycles. The Bertz CT molecular complexity index is 1200. The molecule has 0 aromatic heterocycles. The van der Waals surface area contributed by atoms with Gasteiger partial charge in [0.15, 0.2) is 0 Å². The van der Waals surface area contributed by atoms with Gasteiger partial charge in [-0.05, 0) is 98.1 Å². The summed E-state index contributed by atoms with van der Waals surface area (Å²) in [7, 11) is 1.89. The first-order chi connectivity index (χ1) is 17.4. The van der Waals surface area contributed by atoms with Crippen LogP contribution in [-0.2, 0) is 11.8 Å². The summed E-state index contributed by atoms with van der Waals surface area (Å²) in [6.07, 6.45) is 5.94. The smallest absolute Gasteiger partial charge is 0.253 e. The fourth-order valence-electron chi connectivity index (χ4n) is 6.17. The van der Waals surface area contributed by atoms with Crippen molar-refractivity contribution in [3.8, 4) is 0 Å². The molecule has 3 nitrogen and oxygen atoms in total. The molecule has 1 aliphatic heterocycles. The zero-order chi connectivity index (χ0) is 25.1. The number of carbonyl (C=O) groups excluding carboxylic acids is 1. The van der Waals surface area contributed by atoms with Crippen LogP contribution in [0.4, 0.5) is 0 Å². The Balaban J connectivity index is 1.25. The average molecular weight is 522 g/mol. The molecule has 1 atom stereocenters. The normalized spacial score (nSPS) is 17.6. The maximum absolute atomic E-state index is 13.1. The Morgan fingerprint density at radius 1 is 0.944 bits per heavy atom. The number of amides is 1. The van der Waals surface area contributed by atoms with Crippen molar-refractivity contribution < 1.29 is 4.79 Å². The van der Waals surface area contributed by atoms with Crippen LogP contribution in [-0.4, -0.2) is 48.9 Å². The molecule has 188 valence electrons. The highest BCUT2D eigenvalue weighted by molar-refractivity contribution is 6.42. The number of benzene rings is 3. The van der Waals surface area contributed by atoms with Gasteiger partial charge in [-0.15, -0.1) is 0 Å². The van der Waals surface area contributed by atoms with Gasteiger partial charge in [-0.2, -0.15) is 0 Å². The highest BCUT2D eigenvalue weighted by Crippen LogP contribution is 2.46. The second kappa shape index (κ2) is 11.0. The van der Waals surface area contributed by atoms with Gasteiger partial charge in [0, 0.05) is 25.1 Å². The van der Waals surface area contributed by atoms with Crippen molar-refractivity contribution in [2.75, 3.05) is 33.2 Å². The number of hydrogen-bond donors (Lipinski definition) is 0. The molecule has 36 heavy (non-hydrogen) atoms. The number of carbonyl (C=O) groups is 1. The largest absolute Gasteiger partial charge is 0.341 e. The third-order valence-corrected chi connectivity index (χ3v) is 9.08. The third-order valence-electron chi connectivity index (χ3n) is 8.35. The average Bonchev–Trinajstić information content (AvgIpc) is 3.27. The second-order valence-corrected chi connectivity index (χ2v) is 11.3. The molecular formula is C31H34Cl2N2O. The van der Waals surface area contributed by atoms with Crippen LogP contribution in [0.5, 0.6) is 0 Å². The number of hydrogen-bond acceptors (Lipinski definition) is 2. The van der Waals surface area contributed by atoms with Crippen molar-refractivity contribution in [2.45, 2.75) is 43.4 Å². The Hall–Kier alpha value is -2.33. The number of nitrogens with zero attached hydrogens (tertiary/aromatic N) is 2. The van der Waals surface area contributed by atoms with E-state index in [1.165, 1.54) is 25.7 Å². The van der Waals surface area contributed by atoms with Gasteiger partial charge >= 0.3 is 0 Å². The minimum Gasteiger partial charge on any atom is -0.341 e. The van der Waals surface area contributed by atoms with E-state index in [0.29, 0.717) is 27.6 Å². The minimum atomic E-state index is 0.0421. The zero-order valence-corrected chi connectivity index (χ0v) is 22.4. The molecule has 1 spiro atoms. The van der Waals surface area contributed by atoms with E-state index in [2.05, 4.69) is 35.2 Å². The van der Waals surface area contributed by atoms with Gasteiger partial charge in [-0.25, -0.2) is 0 Å². The van der Waals surface area contributed by atoms with Crippen molar-refractivity contribution in [3.63, 3.8) is 0 Å². The van der Waals surface area contributed by atoms with E-state index in [0.717, 1.165) is 31.6 Å². The van der Waals surface area contributed by atoms with Crippen LogP contribution in [0.3, 0.4) is 0 Å². The lowest BCUT2D eigenvalue weighted by Gasteiger charge is -2.40. The van der Waals surface area contributed by atoms with Gasteiger partial charge in [0.05, 0.1) is 10.0 Å². The van der Waals surface area contributed by atoms with Crippen LogP contribution in [0.25, 0.3) is 0 Å². The molecule has 1 fully saturated rings. The summed E-state index contributed by atoms with van der Waals surface area (Å²) in [5.41, 5.74) is 5.37. The highest BCUT2D eigenvalue weighted by Gasteiger charge is 2.40. The van der Waals surface area contributed by atoms with Crippen LogP contribution in [0.1, 0.15) is 58.6 Å². The van der Waals surface area contributed by atoms with E-state index in [4.69, 9.17) is 23.2 Å². The van der Waals surface area contributed by atoms with E-state index < -0.39 is 0 Å². The van der Waals surface area contributed by atoms with Gasteiger partial charge in [0.25, 0.3) is 5.91 Å². The van der Waals surface area contributed by atoms with Crippen LogP contribution >= 0.6 is 23.2 Å². The van der Waals surface area contributed by atoms with E-state index in [-0.39, 0.29) is 11.8 Å². The Kier molecular flexibility index (Phi) is 7.71. The summed E-state index contributed by atoms with van der Waals surface area (Å²) in [4.78, 5) is 17.5. The lowest BCUT2D eigenvalue weighted by atomic mass is 9.74. The van der Waals surface area contributed by atoms with E-state index >= 15 is 0 Å². The van der Waals surface area contributed by atoms with Crippen LogP contribution in [0.2, 0.25) is 10.0 Å². The summed E-state index contributed by atoms with van der Waals surface area (Å²) < 4.78 is 0. The van der Waals surface area contributed by atoms with Gasteiger partial charge in [-0.1, -0.05) is 71.7 Å². The van der Waals surface area contributed by atoms with Gasteiger partial charge in [0.2, 0.25) is 0 Å². The molecular weight excluding hydrogens is 487 g/mol. The summed E-state index contributed by atoms with van der Waals surface area (Å²) in [5.74, 6) is 0.223. The topological polar surface area (TPSA) is 23.6 Å². The standard InChI is InChI=1S/C31H34Cl2N2O/c1-34(30(36)24-8-3-2-4-9-24)22-26(25-11-12-28(32)29(33)21-25)14-18-35-19-16-31(17-20-35)15-13-23-7-5-6-10-27(23)31/h2-12,21,26H,13-20,22H2,1H3. The third kappa shape index (κ3) is 5.34. The SMILES string of the molecule is CN(CC(CCN1CCC2(CCc3ccccc32)CC1)c1ccc(Cl)c(Cl)c1)C(=O)c1ccccc1. The van der Waals surface area contributed by atoms with E-state index in [9.17, 15) is 4.79 Å². The predicted octanol–water partition coefficient (Wildman–Crippen LogP) is 7.22. The maximum atomic E-state index is 13.1. The van der Waals surface area contributed by atoms with Crippen molar-refractivity contribution in [1.29, 1.82) is 0 Å². The fraction of sp³-hybridized carbons (Fsp3) is 0.387. The molecule has 1 saturated heterocycles. The van der Waals surface area contributed by atoms with Crippen LogP contribution < -0.4 is 0 Å². The molecule has 5 heteroatoms. The van der Waals surface area contributed by atoms with Crippen molar-refractivity contribution in [1.82, 2.24) is 9.80 Å². The Labute approximate surface area is 225 Å². The van der Waals surface area contributed by atoms with Crippen molar-refractivity contribution in [3.05, 3.63) is 105 Å². The van der Waals surface area contributed by atoms with Crippen molar-refractivity contribution >= 4 is 29.1 Å². The van der Waals surface area contributed by atoms with Crippen LogP contribution in [0, 0.1) is 0 Å². The first-order valence-electron chi connectivity index (χ1n) is 13.0. The monoisotopic (exact) mass is 520 g/mol. The fourth-order valence-corrected chi connectivity index (χ4v) is 6.48. The number of fused-ring (bicyclic) bond motifs is 2. The zero-order valence-electron chi connectivity index (χ0n) is 20.9.